The van der Waals surface area contributed by atoms with E-state index < -0.39 is 0 Å². The van der Waals surface area contributed by atoms with E-state index in [-0.39, 0.29) is 17.6 Å². The Bertz CT molecular complexity index is 373. The van der Waals surface area contributed by atoms with Gasteiger partial charge in [0.25, 0.3) is 0 Å². The second-order valence-electron chi connectivity index (χ2n) is 4.55. The molecule has 1 rings (SSSR count). The van der Waals surface area contributed by atoms with E-state index >= 15 is 0 Å². The number of halogens is 1. The van der Waals surface area contributed by atoms with Crippen LogP contribution in [0.4, 0.5) is 4.39 Å². The van der Waals surface area contributed by atoms with Crippen molar-refractivity contribution >= 4 is 11.8 Å². The van der Waals surface area contributed by atoms with Crippen LogP contribution in [0, 0.1) is 11.7 Å². The fraction of sp³-hybridized carbons (Fsp3) is 0.571. The van der Waals surface area contributed by atoms with Crippen LogP contribution in [0.2, 0.25) is 0 Å². The minimum atomic E-state index is -0.350. The summed E-state index contributed by atoms with van der Waals surface area (Å²) in [5.74, 6) is 2.53. The lowest BCUT2D eigenvalue weighted by Gasteiger charge is -2.14. The summed E-state index contributed by atoms with van der Waals surface area (Å²) in [5.41, 5.74) is 6.88. The third-order valence-corrected chi connectivity index (χ3v) is 4.40. The molecule has 2 atom stereocenters. The van der Waals surface area contributed by atoms with Gasteiger partial charge in [-0.05, 0) is 29.4 Å². The molecule has 0 aromatic heterocycles. The van der Waals surface area contributed by atoms with Crippen LogP contribution < -0.4 is 10.5 Å². The molecule has 0 aliphatic rings. The first-order chi connectivity index (χ1) is 8.58. The fourth-order valence-corrected chi connectivity index (χ4v) is 2.74. The Balaban J connectivity index is 2.51. The van der Waals surface area contributed by atoms with E-state index in [9.17, 15) is 4.39 Å². The molecule has 0 amide bonds. The highest BCUT2D eigenvalue weighted by Crippen LogP contribution is 2.23. The average molecular weight is 271 g/mol. The lowest BCUT2D eigenvalue weighted by Crippen LogP contribution is -2.14. The highest BCUT2D eigenvalue weighted by Gasteiger charge is 2.10. The second-order valence-corrected chi connectivity index (χ2v) is 5.63. The summed E-state index contributed by atoms with van der Waals surface area (Å²) in [4.78, 5) is 0. The lowest BCUT2D eigenvalue weighted by molar-refractivity contribution is 0.386. The zero-order chi connectivity index (χ0) is 13.5. The first kappa shape index (κ1) is 15.3. The molecule has 0 saturated heterocycles. The normalized spacial score (nSPS) is 14.3. The van der Waals surface area contributed by atoms with Crippen LogP contribution in [0.15, 0.2) is 18.2 Å². The fourth-order valence-electron chi connectivity index (χ4n) is 1.52. The summed E-state index contributed by atoms with van der Waals surface area (Å²) in [6.07, 6.45) is 1.18. The van der Waals surface area contributed by atoms with Crippen LogP contribution in [-0.2, 0) is 0 Å². The molecule has 1 aromatic carbocycles. The Morgan fingerprint density at radius 3 is 2.67 bits per heavy atom. The van der Waals surface area contributed by atoms with Crippen LogP contribution in [0.1, 0.15) is 31.9 Å². The number of ether oxygens (including phenoxy) is 1. The summed E-state index contributed by atoms with van der Waals surface area (Å²) < 4.78 is 18.4. The van der Waals surface area contributed by atoms with Crippen LogP contribution in [-0.4, -0.2) is 18.6 Å². The molecule has 18 heavy (non-hydrogen) atoms. The minimum Gasteiger partial charge on any atom is -0.494 e. The number of hydrogen-bond donors (Lipinski definition) is 1. The van der Waals surface area contributed by atoms with Crippen molar-refractivity contribution in [1.82, 2.24) is 0 Å². The summed E-state index contributed by atoms with van der Waals surface area (Å²) in [5, 5.41) is 0. The highest BCUT2D eigenvalue weighted by molar-refractivity contribution is 7.99. The molecule has 0 aliphatic carbocycles. The Morgan fingerprint density at radius 1 is 1.39 bits per heavy atom. The summed E-state index contributed by atoms with van der Waals surface area (Å²) >= 11 is 1.83. The molecule has 1 aromatic rings. The van der Waals surface area contributed by atoms with Gasteiger partial charge >= 0.3 is 0 Å². The molecule has 2 unspecified atom stereocenters. The Morgan fingerprint density at radius 2 is 2.11 bits per heavy atom. The zero-order valence-corrected chi connectivity index (χ0v) is 12.1. The number of thioether (sulfide) groups is 1. The highest BCUT2D eigenvalue weighted by atomic mass is 32.2. The van der Waals surface area contributed by atoms with Gasteiger partial charge < -0.3 is 10.5 Å². The molecule has 0 fully saturated rings. The van der Waals surface area contributed by atoms with Gasteiger partial charge in [-0.15, -0.1) is 0 Å². The number of benzene rings is 1. The molecule has 0 saturated carbocycles. The van der Waals surface area contributed by atoms with Gasteiger partial charge in [0.1, 0.15) is 0 Å². The maximum absolute atomic E-state index is 13.5. The smallest absolute Gasteiger partial charge is 0.165 e. The molecule has 0 radical (unpaired) electrons. The van der Waals surface area contributed by atoms with E-state index in [0.29, 0.717) is 5.92 Å². The van der Waals surface area contributed by atoms with Crippen molar-refractivity contribution in [3.8, 4) is 5.75 Å². The molecule has 0 aliphatic heterocycles. The molecule has 0 heterocycles. The van der Waals surface area contributed by atoms with Crippen molar-refractivity contribution in [2.45, 2.75) is 26.3 Å². The largest absolute Gasteiger partial charge is 0.494 e. The van der Waals surface area contributed by atoms with Gasteiger partial charge in [-0.3, -0.25) is 0 Å². The maximum atomic E-state index is 13.5. The van der Waals surface area contributed by atoms with E-state index in [1.807, 2.05) is 17.8 Å². The van der Waals surface area contributed by atoms with Gasteiger partial charge in [0.2, 0.25) is 0 Å². The monoisotopic (exact) mass is 271 g/mol. The maximum Gasteiger partial charge on any atom is 0.165 e. The third-order valence-electron chi connectivity index (χ3n) is 3.00. The molecule has 2 N–H and O–H groups in total. The number of methoxy groups -OCH3 is 1. The van der Waals surface area contributed by atoms with Crippen LogP contribution in [0.3, 0.4) is 0 Å². The number of hydrogen-bond acceptors (Lipinski definition) is 3. The van der Waals surface area contributed by atoms with Crippen LogP contribution >= 0.6 is 11.8 Å². The summed E-state index contributed by atoms with van der Waals surface area (Å²) in [7, 11) is 1.46. The number of rotatable bonds is 7. The predicted octanol–water partition coefficient (Wildman–Crippen LogP) is 3.61. The Labute approximate surface area is 113 Å². The molecule has 0 bridgehead atoms. The average Bonchev–Trinajstić information content (AvgIpc) is 2.38. The minimum absolute atomic E-state index is 0.125. The van der Waals surface area contributed by atoms with E-state index in [2.05, 4.69) is 13.8 Å². The number of nitrogens with two attached hydrogens (primary N) is 1. The van der Waals surface area contributed by atoms with Gasteiger partial charge in [0, 0.05) is 11.8 Å². The van der Waals surface area contributed by atoms with Gasteiger partial charge in [0.05, 0.1) is 7.11 Å². The first-order valence-electron chi connectivity index (χ1n) is 6.25. The molecule has 102 valence electrons. The quantitative estimate of drug-likeness (QED) is 0.822. The van der Waals surface area contributed by atoms with Gasteiger partial charge in [-0.25, -0.2) is 4.39 Å². The third kappa shape index (κ3) is 4.50. The van der Waals surface area contributed by atoms with Gasteiger partial charge in [-0.2, -0.15) is 11.8 Å². The van der Waals surface area contributed by atoms with Crippen molar-refractivity contribution in [3.63, 3.8) is 0 Å². The molecule has 0 spiro atoms. The van der Waals surface area contributed by atoms with Gasteiger partial charge in [-0.1, -0.05) is 26.3 Å². The van der Waals surface area contributed by atoms with Crippen molar-refractivity contribution in [2.75, 3.05) is 18.6 Å². The van der Waals surface area contributed by atoms with Crippen molar-refractivity contribution < 1.29 is 9.13 Å². The molecule has 2 nitrogen and oxygen atoms in total. The topological polar surface area (TPSA) is 35.2 Å². The summed E-state index contributed by atoms with van der Waals surface area (Å²) in [6, 6.07) is 4.80. The van der Waals surface area contributed by atoms with Crippen molar-refractivity contribution in [1.29, 1.82) is 0 Å². The Hall–Kier alpha value is -0.740. The van der Waals surface area contributed by atoms with Crippen molar-refractivity contribution in [2.24, 2.45) is 11.7 Å². The Kier molecular flexibility index (Phi) is 6.50. The van der Waals surface area contributed by atoms with E-state index in [0.717, 1.165) is 17.1 Å². The SMILES string of the molecule is CCC(C)CSCC(N)c1ccc(OC)c(F)c1. The van der Waals surface area contributed by atoms with Gasteiger partial charge in [0.15, 0.2) is 11.6 Å². The first-order valence-corrected chi connectivity index (χ1v) is 7.40. The van der Waals surface area contributed by atoms with E-state index in [4.69, 9.17) is 10.5 Å². The van der Waals surface area contributed by atoms with Crippen molar-refractivity contribution in [3.05, 3.63) is 29.6 Å². The molecular weight excluding hydrogens is 249 g/mol. The molecule has 4 heteroatoms. The standard InChI is InChI=1S/C14H22FNOS/c1-4-10(2)8-18-9-13(16)11-5-6-14(17-3)12(15)7-11/h5-7,10,13H,4,8-9,16H2,1-3H3. The van der Waals surface area contributed by atoms with E-state index in [1.54, 1.807) is 6.07 Å². The zero-order valence-electron chi connectivity index (χ0n) is 11.3. The van der Waals surface area contributed by atoms with E-state index in [1.165, 1.54) is 19.6 Å². The lowest BCUT2D eigenvalue weighted by atomic mass is 10.1. The predicted molar refractivity (Wildman–Crippen MR) is 76.7 cm³/mol. The second kappa shape index (κ2) is 7.64. The molecular formula is C14H22FNOS. The summed E-state index contributed by atoms with van der Waals surface area (Å²) in [6.45, 7) is 4.41. The van der Waals surface area contributed by atoms with Crippen LogP contribution in [0.25, 0.3) is 0 Å². The van der Waals surface area contributed by atoms with Crippen LogP contribution in [0.5, 0.6) is 5.75 Å².